The largest absolute Gasteiger partial charge is 0.326 e. The Morgan fingerprint density at radius 3 is 2.43 bits per heavy atom. The maximum Gasteiger partial charge on any atom is 0.236 e. The first-order valence-electron chi connectivity index (χ1n) is 6.45. The van der Waals surface area contributed by atoms with Crippen LogP contribution in [0.1, 0.15) is 16.7 Å². The molecule has 0 amide bonds. The van der Waals surface area contributed by atoms with Crippen LogP contribution in [0.4, 0.5) is 10.1 Å². The Labute approximate surface area is 123 Å². The Bertz CT molecular complexity index is 745. The zero-order valence-electron chi connectivity index (χ0n) is 11.6. The van der Waals surface area contributed by atoms with Gasteiger partial charge in [-0.3, -0.25) is 4.72 Å². The second kappa shape index (κ2) is 6.24. The zero-order chi connectivity index (χ0) is 15.5. The summed E-state index contributed by atoms with van der Waals surface area (Å²) in [6, 6.07) is 11.0. The second-order valence-electron chi connectivity index (χ2n) is 4.79. The Morgan fingerprint density at radius 2 is 1.81 bits per heavy atom. The molecule has 2 aromatic rings. The maximum absolute atomic E-state index is 13.0. The van der Waals surface area contributed by atoms with Crippen molar-refractivity contribution in [3.8, 4) is 0 Å². The molecule has 0 heterocycles. The molecule has 0 radical (unpaired) electrons. The predicted octanol–water partition coefficient (Wildman–Crippen LogP) is 2.53. The minimum Gasteiger partial charge on any atom is -0.326 e. The molecule has 21 heavy (non-hydrogen) atoms. The summed E-state index contributed by atoms with van der Waals surface area (Å²) in [5.41, 5.74) is 7.97. The number of anilines is 1. The fourth-order valence-corrected chi connectivity index (χ4v) is 3.37. The first-order valence-corrected chi connectivity index (χ1v) is 8.10. The normalized spacial score (nSPS) is 11.4. The van der Waals surface area contributed by atoms with E-state index in [1.165, 1.54) is 18.2 Å². The lowest BCUT2D eigenvalue weighted by Crippen LogP contribution is -2.17. The molecular weight excluding hydrogens is 291 g/mol. The average molecular weight is 308 g/mol. The van der Waals surface area contributed by atoms with E-state index < -0.39 is 15.8 Å². The number of nitrogens with two attached hydrogens (primary N) is 1. The smallest absolute Gasteiger partial charge is 0.236 e. The third kappa shape index (κ3) is 4.03. The summed E-state index contributed by atoms with van der Waals surface area (Å²) in [5, 5.41) is 0. The number of nitrogens with one attached hydrogen (secondary N) is 1. The number of sulfonamides is 1. The summed E-state index contributed by atoms with van der Waals surface area (Å²) in [4.78, 5) is 0. The molecule has 0 atom stereocenters. The first kappa shape index (κ1) is 15.5. The monoisotopic (exact) mass is 308 g/mol. The molecule has 0 aliphatic heterocycles. The lowest BCUT2D eigenvalue weighted by atomic mass is 10.1. The molecule has 2 rings (SSSR count). The molecule has 0 aromatic heterocycles. The van der Waals surface area contributed by atoms with E-state index in [2.05, 4.69) is 4.72 Å². The molecule has 3 N–H and O–H groups in total. The van der Waals surface area contributed by atoms with Gasteiger partial charge in [0.1, 0.15) is 5.82 Å². The Balaban J connectivity index is 2.23. The van der Waals surface area contributed by atoms with Gasteiger partial charge in [-0.05, 0) is 41.8 Å². The minimum absolute atomic E-state index is 0.169. The standard InChI is InChI=1S/C15H17FN2O2S/c1-11-8-14(16)6-7-15(11)18-21(19,20)10-13-5-3-2-4-12(13)9-17/h2-8,18H,9-10,17H2,1H3. The second-order valence-corrected chi connectivity index (χ2v) is 6.52. The van der Waals surface area contributed by atoms with Crippen molar-refractivity contribution in [2.75, 3.05) is 4.72 Å². The van der Waals surface area contributed by atoms with Crippen LogP contribution in [0.3, 0.4) is 0 Å². The Hall–Kier alpha value is -1.92. The summed E-state index contributed by atoms with van der Waals surface area (Å²) >= 11 is 0. The number of rotatable bonds is 5. The maximum atomic E-state index is 13.0. The third-order valence-corrected chi connectivity index (χ3v) is 4.36. The van der Waals surface area contributed by atoms with Crippen LogP contribution in [0.25, 0.3) is 0 Å². The first-order chi connectivity index (χ1) is 9.91. The fraction of sp³-hybridized carbons (Fsp3) is 0.200. The van der Waals surface area contributed by atoms with Crippen molar-refractivity contribution in [3.05, 3.63) is 65.0 Å². The van der Waals surface area contributed by atoms with E-state index in [0.717, 1.165) is 5.56 Å². The highest BCUT2D eigenvalue weighted by Crippen LogP contribution is 2.19. The molecule has 0 saturated carbocycles. The van der Waals surface area contributed by atoms with Crippen LogP contribution in [-0.2, 0) is 22.3 Å². The highest BCUT2D eigenvalue weighted by molar-refractivity contribution is 7.91. The molecule has 0 bridgehead atoms. The average Bonchev–Trinajstić information content (AvgIpc) is 2.42. The molecule has 0 spiro atoms. The number of benzene rings is 2. The van der Waals surface area contributed by atoms with E-state index in [0.29, 0.717) is 16.8 Å². The van der Waals surface area contributed by atoms with E-state index in [9.17, 15) is 12.8 Å². The van der Waals surface area contributed by atoms with Crippen LogP contribution in [-0.4, -0.2) is 8.42 Å². The van der Waals surface area contributed by atoms with Gasteiger partial charge < -0.3 is 5.73 Å². The Kier molecular flexibility index (Phi) is 4.59. The van der Waals surface area contributed by atoms with Gasteiger partial charge in [-0.25, -0.2) is 12.8 Å². The van der Waals surface area contributed by atoms with E-state index in [1.807, 2.05) is 6.07 Å². The highest BCUT2D eigenvalue weighted by atomic mass is 32.2. The fourth-order valence-electron chi connectivity index (χ4n) is 2.05. The van der Waals surface area contributed by atoms with Gasteiger partial charge in [0.15, 0.2) is 0 Å². The third-order valence-electron chi connectivity index (χ3n) is 3.14. The minimum atomic E-state index is -3.58. The van der Waals surface area contributed by atoms with Gasteiger partial charge in [-0.2, -0.15) is 0 Å². The van der Waals surface area contributed by atoms with Crippen LogP contribution < -0.4 is 10.5 Å². The highest BCUT2D eigenvalue weighted by Gasteiger charge is 2.15. The van der Waals surface area contributed by atoms with Crippen molar-refractivity contribution < 1.29 is 12.8 Å². The quantitative estimate of drug-likeness (QED) is 0.891. The van der Waals surface area contributed by atoms with Gasteiger partial charge >= 0.3 is 0 Å². The number of hydrogen-bond acceptors (Lipinski definition) is 3. The SMILES string of the molecule is Cc1cc(F)ccc1NS(=O)(=O)Cc1ccccc1CN. The number of hydrogen-bond donors (Lipinski definition) is 2. The van der Waals surface area contributed by atoms with Gasteiger partial charge in [0.05, 0.1) is 11.4 Å². The van der Waals surface area contributed by atoms with E-state index in [4.69, 9.17) is 5.73 Å². The van der Waals surface area contributed by atoms with Crippen molar-refractivity contribution in [3.63, 3.8) is 0 Å². The van der Waals surface area contributed by atoms with E-state index in [1.54, 1.807) is 25.1 Å². The lowest BCUT2D eigenvalue weighted by molar-refractivity contribution is 0.600. The molecular formula is C15H17FN2O2S. The van der Waals surface area contributed by atoms with Crippen molar-refractivity contribution in [1.29, 1.82) is 0 Å². The van der Waals surface area contributed by atoms with Gasteiger partial charge in [-0.15, -0.1) is 0 Å². The van der Waals surface area contributed by atoms with Crippen LogP contribution in [0, 0.1) is 12.7 Å². The van der Waals surface area contributed by atoms with Crippen molar-refractivity contribution >= 4 is 15.7 Å². The van der Waals surface area contributed by atoms with Gasteiger partial charge in [0.2, 0.25) is 10.0 Å². The van der Waals surface area contributed by atoms with Crippen molar-refractivity contribution in [2.45, 2.75) is 19.2 Å². The van der Waals surface area contributed by atoms with E-state index in [-0.39, 0.29) is 12.3 Å². The van der Waals surface area contributed by atoms with Crippen LogP contribution in [0.2, 0.25) is 0 Å². The van der Waals surface area contributed by atoms with Crippen LogP contribution >= 0.6 is 0 Å². The van der Waals surface area contributed by atoms with Crippen LogP contribution in [0.5, 0.6) is 0 Å². The van der Waals surface area contributed by atoms with Crippen LogP contribution in [0.15, 0.2) is 42.5 Å². The predicted molar refractivity (Wildman–Crippen MR) is 81.7 cm³/mol. The lowest BCUT2D eigenvalue weighted by Gasteiger charge is -2.12. The molecule has 0 aliphatic carbocycles. The Morgan fingerprint density at radius 1 is 1.14 bits per heavy atom. The molecule has 4 nitrogen and oxygen atoms in total. The topological polar surface area (TPSA) is 72.2 Å². The van der Waals surface area contributed by atoms with Crippen molar-refractivity contribution in [1.82, 2.24) is 0 Å². The van der Waals surface area contributed by atoms with E-state index >= 15 is 0 Å². The van der Waals surface area contributed by atoms with Gasteiger partial charge in [0, 0.05) is 6.54 Å². The van der Waals surface area contributed by atoms with Gasteiger partial charge in [0.25, 0.3) is 0 Å². The molecule has 0 fully saturated rings. The summed E-state index contributed by atoms with van der Waals surface area (Å²) in [7, 11) is -3.58. The zero-order valence-corrected chi connectivity index (χ0v) is 12.5. The van der Waals surface area contributed by atoms with Crippen molar-refractivity contribution in [2.24, 2.45) is 5.73 Å². The summed E-state index contributed by atoms with van der Waals surface area (Å²) in [5.74, 6) is -0.569. The number of aryl methyl sites for hydroxylation is 1. The summed E-state index contributed by atoms with van der Waals surface area (Å²) in [6.07, 6.45) is 0. The van der Waals surface area contributed by atoms with Gasteiger partial charge in [-0.1, -0.05) is 24.3 Å². The molecule has 0 saturated heterocycles. The summed E-state index contributed by atoms with van der Waals surface area (Å²) < 4.78 is 40.0. The molecule has 2 aromatic carbocycles. The molecule has 6 heteroatoms. The molecule has 0 unspecified atom stereocenters. The molecule has 112 valence electrons. The summed E-state index contributed by atoms with van der Waals surface area (Å²) in [6.45, 7) is 1.93. The number of halogens is 1. The molecule has 0 aliphatic rings.